The van der Waals surface area contributed by atoms with Crippen molar-refractivity contribution in [2.45, 2.75) is 18.5 Å². The van der Waals surface area contributed by atoms with Crippen LogP contribution in [-0.4, -0.2) is 35.2 Å². The largest absolute Gasteiger partial charge is 0.464 e. The molecule has 142 valence electrons. The minimum absolute atomic E-state index is 0.0266. The fourth-order valence-electron chi connectivity index (χ4n) is 3.12. The topological polar surface area (TPSA) is 110 Å². The van der Waals surface area contributed by atoms with Gasteiger partial charge >= 0.3 is 5.97 Å². The first-order chi connectivity index (χ1) is 13.4. The van der Waals surface area contributed by atoms with E-state index in [2.05, 4.69) is 4.99 Å². The minimum Gasteiger partial charge on any atom is -0.464 e. The van der Waals surface area contributed by atoms with Gasteiger partial charge in [0.1, 0.15) is 17.4 Å². The van der Waals surface area contributed by atoms with Gasteiger partial charge in [0.25, 0.3) is 0 Å². The number of ketones is 1. The van der Waals surface area contributed by atoms with Crippen molar-refractivity contribution < 1.29 is 18.7 Å². The number of aryl methyl sites for hydroxylation is 1. The number of Topliss-reactive ketones (excluding diaryl/α,β-unsaturated/α-hetero) is 1. The van der Waals surface area contributed by atoms with Crippen molar-refractivity contribution in [1.82, 2.24) is 4.57 Å². The Morgan fingerprint density at radius 3 is 2.64 bits per heavy atom. The first-order valence-electron chi connectivity index (χ1n) is 8.42. The van der Waals surface area contributed by atoms with Crippen LogP contribution in [0.3, 0.4) is 0 Å². The summed E-state index contributed by atoms with van der Waals surface area (Å²) < 4.78 is 19.4. The molecule has 1 unspecified atom stereocenters. The summed E-state index contributed by atoms with van der Waals surface area (Å²) in [7, 11) is 1.22. The van der Waals surface area contributed by atoms with Crippen LogP contribution in [0.4, 0.5) is 10.1 Å². The summed E-state index contributed by atoms with van der Waals surface area (Å²) in [5.41, 5.74) is 5.24. The third kappa shape index (κ3) is 3.30. The Hall–Kier alpha value is -3.73. The van der Waals surface area contributed by atoms with Crippen LogP contribution in [0.2, 0.25) is 0 Å². The summed E-state index contributed by atoms with van der Waals surface area (Å²) in [5.74, 6) is -1.41. The van der Waals surface area contributed by atoms with E-state index in [0.717, 1.165) is 0 Å². The molecule has 0 radical (unpaired) electrons. The molecule has 1 aliphatic rings. The van der Waals surface area contributed by atoms with Gasteiger partial charge in [-0.25, -0.2) is 9.18 Å². The van der Waals surface area contributed by atoms with Gasteiger partial charge in [0.15, 0.2) is 11.5 Å². The number of nitrogens with zero attached hydrogens (tertiary/aromatic N) is 3. The zero-order valence-electron chi connectivity index (χ0n) is 15.1. The fourth-order valence-corrected chi connectivity index (χ4v) is 3.12. The number of carbonyl (C=O) groups is 2. The number of allylic oxidation sites excluding steroid dienone is 1. The second-order valence-corrected chi connectivity index (χ2v) is 6.25. The normalized spacial score (nSPS) is 17.5. The molecule has 1 aromatic heterocycles. The van der Waals surface area contributed by atoms with Gasteiger partial charge in [0, 0.05) is 30.9 Å². The molecular weight excluding hydrogens is 363 g/mol. The Balaban J connectivity index is 1.91. The van der Waals surface area contributed by atoms with E-state index in [0.29, 0.717) is 5.56 Å². The highest BCUT2D eigenvalue weighted by molar-refractivity contribution is 6.07. The number of hydrogen-bond acceptors (Lipinski definition) is 6. The Labute approximate surface area is 160 Å². The van der Waals surface area contributed by atoms with Crippen molar-refractivity contribution in [1.29, 1.82) is 5.26 Å². The zero-order chi connectivity index (χ0) is 20.3. The van der Waals surface area contributed by atoms with Gasteiger partial charge < -0.3 is 15.0 Å². The van der Waals surface area contributed by atoms with Crippen molar-refractivity contribution >= 4 is 23.7 Å². The van der Waals surface area contributed by atoms with Gasteiger partial charge in [-0.3, -0.25) is 9.79 Å². The lowest BCUT2D eigenvalue weighted by Crippen LogP contribution is -2.35. The molecule has 8 heteroatoms. The van der Waals surface area contributed by atoms with E-state index < -0.39 is 17.3 Å². The van der Waals surface area contributed by atoms with Crippen LogP contribution < -0.4 is 5.73 Å². The summed E-state index contributed by atoms with van der Waals surface area (Å²) in [4.78, 5) is 29.4. The number of aliphatic imine (C=N–C) groups is 1. The van der Waals surface area contributed by atoms with Crippen LogP contribution in [0.1, 0.15) is 32.8 Å². The van der Waals surface area contributed by atoms with E-state index in [1.165, 1.54) is 48.4 Å². The number of benzene rings is 1. The van der Waals surface area contributed by atoms with Gasteiger partial charge in [0.05, 0.1) is 18.4 Å². The van der Waals surface area contributed by atoms with Gasteiger partial charge in [-0.05, 0) is 36.4 Å². The number of halogens is 1. The van der Waals surface area contributed by atoms with Crippen LogP contribution in [0.15, 0.2) is 47.6 Å². The minimum atomic E-state index is -1.18. The Morgan fingerprint density at radius 1 is 1.36 bits per heavy atom. The number of nitrogen functional groups attached to an aromatic ring is 1. The summed E-state index contributed by atoms with van der Waals surface area (Å²) in [6.45, 7) is 0.185. The highest BCUT2D eigenvalue weighted by Crippen LogP contribution is 2.29. The molecule has 0 fully saturated rings. The standard InChI is InChI=1S/C20H17FN4O3/c1-28-19(27)17-16(23)14(11-22)12-25(17)10-8-20(7-2-9-24-20)18(26)13-3-5-15(21)6-4-13/h2-7,9,12H,8,10,23H2,1H3. The van der Waals surface area contributed by atoms with Gasteiger partial charge in [0.2, 0.25) is 0 Å². The second kappa shape index (κ2) is 7.48. The lowest BCUT2D eigenvalue weighted by molar-refractivity contribution is 0.0589. The van der Waals surface area contributed by atoms with E-state index >= 15 is 0 Å². The molecule has 1 atom stereocenters. The van der Waals surface area contributed by atoms with Crippen LogP contribution in [0, 0.1) is 17.1 Å². The average molecular weight is 380 g/mol. The molecule has 0 bridgehead atoms. The SMILES string of the molecule is COC(=O)c1c(N)c(C#N)cn1CCC1(C(=O)c2ccc(F)cc2)C=CC=N1. The first-order valence-corrected chi connectivity index (χ1v) is 8.42. The molecular formula is C20H17FN4O3. The Bertz CT molecular complexity index is 1020. The number of anilines is 1. The van der Waals surface area contributed by atoms with Crippen molar-refractivity contribution in [3.63, 3.8) is 0 Å². The number of nitrogens with two attached hydrogens (primary N) is 1. The third-order valence-electron chi connectivity index (χ3n) is 4.61. The molecule has 0 spiro atoms. The molecule has 0 saturated heterocycles. The predicted molar refractivity (Wildman–Crippen MR) is 101 cm³/mol. The number of carbonyl (C=O) groups excluding carboxylic acids is 2. The summed E-state index contributed by atoms with van der Waals surface area (Å²) in [5, 5.41) is 9.19. The molecule has 1 aliphatic heterocycles. The molecule has 28 heavy (non-hydrogen) atoms. The van der Waals surface area contributed by atoms with Crippen molar-refractivity contribution in [2.75, 3.05) is 12.8 Å². The summed E-state index contributed by atoms with van der Waals surface area (Å²) in [6.07, 6.45) is 6.49. The molecule has 2 heterocycles. The summed E-state index contributed by atoms with van der Waals surface area (Å²) in [6, 6.07) is 7.16. The van der Waals surface area contributed by atoms with Crippen molar-refractivity contribution in [3.05, 3.63) is 65.3 Å². The number of rotatable bonds is 6. The van der Waals surface area contributed by atoms with E-state index in [9.17, 15) is 19.2 Å². The summed E-state index contributed by atoms with van der Waals surface area (Å²) >= 11 is 0. The van der Waals surface area contributed by atoms with Gasteiger partial charge in [-0.2, -0.15) is 5.26 Å². The van der Waals surface area contributed by atoms with E-state index in [-0.39, 0.29) is 35.7 Å². The molecule has 2 N–H and O–H groups in total. The van der Waals surface area contributed by atoms with E-state index in [1.54, 1.807) is 12.2 Å². The van der Waals surface area contributed by atoms with Gasteiger partial charge in [-0.1, -0.05) is 0 Å². The van der Waals surface area contributed by atoms with Gasteiger partial charge in [-0.15, -0.1) is 0 Å². The average Bonchev–Trinajstić information content (AvgIpc) is 3.31. The Kier molecular flexibility index (Phi) is 5.09. The lowest BCUT2D eigenvalue weighted by Gasteiger charge is -2.23. The fraction of sp³-hybridized carbons (Fsp3) is 0.200. The number of hydrogen-bond donors (Lipinski definition) is 1. The number of nitriles is 1. The highest BCUT2D eigenvalue weighted by Gasteiger charge is 2.37. The molecule has 7 nitrogen and oxygen atoms in total. The Morgan fingerprint density at radius 2 is 2.07 bits per heavy atom. The van der Waals surface area contributed by atoms with Crippen LogP contribution in [0.25, 0.3) is 0 Å². The zero-order valence-corrected chi connectivity index (χ0v) is 15.1. The second-order valence-electron chi connectivity index (χ2n) is 6.25. The maximum Gasteiger partial charge on any atom is 0.356 e. The molecule has 3 rings (SSSR count). The van der Waals surface area contributed by atoms with E-state index in [4.69, 9.17) is 10.5 Å². The predicted octanol–water partition coefficient (Wildman–Crippen LogP) is 2.52. The monoisotopic (exact) mass is 380 g/mol. The molecule has 0 saturated carbocycles. The number of ether oxygens (including phenoxy) is 1. The molecule has 0 aliphatic carbocycles. The molecule has 0 amide bonds. The number of esters is 1. The van der Waals surface area contributed by atoms with Crippen molar-refractivity contribution in [2.24, 2.45) is 4.99 Å². The molecule has 2 aromatic rings. The first kappa shape index (κ1) is 19.0. The quantitative estimate of drug-likeness (QED) is 0.611. The lowest BCUT2D eigenvalue weighted by atomic mass is 9.87. The van der Waals surface area contributed by atoms with E-state index in [1.807, 2.05) is 6.07 Å². The number of methoxy groups -OCH3 is 1. The smallest absolute Gasteiger partial charge is 0.356 e. The van der Waals surface area contributed by atoms with Crippen LogP contribution in [-0.2, 0) is 11.3 Å². The third-order valence-corrected chi connectivity index (χ3v) is 4.61. The van der Waals surface area contributed by atoms with Crippen molar-refractivity contribution in [3.8, 4) is 6.07 Å². The van der Waals surface area contributed by atoms with Crippen LogP contribution >= 0.6 is 0 Å². The highest BCUT2D eigenvalue weighted by atomic mass is 19.1. The molecule has 1 aromatic carbocycles. The maximum atomic E-state index is 13.2. The van der Waals surface area contributed by atoms with Crippen LogP contribution in [0.5, 0.6) is 0 Å². The maximum absolute atomic E-state index is 13.2. The number of aromatic nitrogens is 1.